The number of aliphatic carboxylic acids is 1. The van der Waals surface area contributed by atoms with E-state index in [1.54, 1.807) is 50.8 Å². The van der Waals surface area contributed by atoms with Gasteiger partial charge in [0.15, 0.2) is 5.54 Å². The molecule has 1 aliphatic heterocycles. The Labute approximate surface area is 291 Å². The molecule has 1 aromatic heterocycles. The normalized spacial score (nSPS) is 15.2. The van der Waals surface area contributed by atoms with Crippen LogP contribution in [-0.2, 0) is 27.2 Å². The highest BCUT2D eigenvalue weighted by Gasteiger charge is 2.36. The number of aliphatic hydroxyl groups is 2. The topological polar surface area (TPSA) is 234 Å². The van der Waals surface area contributed by atoms with Crippen LogP contribution in [0.2, 0.25) is 0 Å². The van der Waals surface area contributed by atoms with E-state index in [-0.39, 0.29) is 12.0 Å². The minimum atomic E-state index is -1.72. The average Bonchev–Trinajstić information content (AvgIpc) is 3.44. The lowest BCUT2D eigenvalue weighted by molar-refractivity contribution is -0.145. The summed E-state index contributed by atoms with van der Waals surface area (Å²) >= 11 is 0. The van der Waals surface area contributed by atoms with Gasteiger partial charge in [-0.1, -0.05) is 17.3 Å². The number of aromatic nitrogens is 2. The average molecular weight is 695 g/mol. The third-order valence-electron chi connectivity index (χ3n) is 7.57. The quantitative estimate of drug-likeness (QED) is 0.217. The summed E-state index contributed by atoms with van der Waals surface area (Å²) in [6.45, 7) is 11.5. The number of nitrogens with two attached hydrogens (primary N) is 1. The zero-order valence-corrected chi connectivity index (χ0v) is 29.4. The van der Waals surface area contributed by atoms with Gasteiger partial charge in [-0.3, -0.25) is 4.79 Å². The molecule has 2 heterocycles. The van der Waals surface area contributed by atoms with Gasteiger partial charge >= 0.3 is 12.1 Å². The summed E-state index contributed by atoms with van der Waals surface area (Å²) in [5.74, 6) is -0.312. The van der Waals surface area contributed by atoms with Gasteiger partial charge in [-0.05, 0) is 96.7 Å². The molecule has 4 rings (SSSR count). The van der Waals surface area contributed by atoms with E-state index in [4.69, 9.17) is 29.9 Å². The summed E-state index contributed by atoms with van der Waals surface area (Å²) in [4.78, 5) is 40.9. The molecule has 0 saturated carbocycles. The van der Waals surface area contributed by atoms with Crippen molar-refractivity contribution in [3.63, 3.8) is 0 Å². The first kappa shape index (κ1) is 39.4. The lowest BCUT2D eigenvalue weighted by atomic mass is 10.00. The Bertz CT molecular complexity index is 1720. The maximum Gasteiger partial charge on any atom is 0.408 e. The van der Waals surface area contributed by atoms with Crippen LogP contribution in [0.1, 0.15) is 65.2 Å². The number of ether oxygens (including phenoxy) is 2. The monoisotopic (exact) mass is 694 g/mol. The minimum Gasteiger partial charge on any atom is -0.490 e. The van der Waals surface area contributed by atoms with E-state index in [0.717, 1.165) is 16.7 Å². The van der Waals surface area contributed by atoms with Crippen LogP contribution in [-0.4, -0.2) is 97.4 Å². The van der Waals surface area contributed by atoms with E-state index >= 15 is 0 Å². The van der Waals surface area contributed by atoms with Crippen molar-refractivity contribution in [1.29, 1.82) is 5.26 Å². The Kier molecular flexibility index (Phi) is 12.7. The number of benzene rings is 2. The van der Waals surface area contributed by atoms with Gasteiger partial charge in [0.25, 0.3) is 5.89 Å². The predicted octanol–water partition coefficient (Wildman–Crippen LogP) is 3.05. The van der Waals surface area contributed by atoms with Crippen molar-refractivity contribution in [2.24, 2.45) is 5.73 Å². The number of hydrogen-bond donors (Lipinski definition) is 5. The molecule has 0 radical (unpaired) electrons. The number of fused-ring (bicyclic) bond motifs is 1. The molecule has 15 heteroatoms. The first-order valence-electron chi connectivity index (χ1n) is 16.0. The number of aliphatic hydroxyl groups excluding tert-OH is 2. The first-order chi connectivity index (χ1) is 23.3. The summed E-state index contributed by atoms with van der Waals surface area (Å²) in [7, 11) is 0. The summed E-state index contributed by atoms with van der Waals surface area (Å²) in [6, 6.07) is 13.3. The molecule has 0 fully saturated rings. The van der Waals surface area contributed by atoms with E-state index in [0.29, 0.717) is 54.5 Å². The number of carbonyl (C=O) groups is 3. The van der Waals surface area contributed by atoms with E-state index in [1.165, 1.54) is 6.92 Å². The summed E-state index contributed by atoms with van der Waals surface area (Å²) in [5.41, 5.74) is 6.33. The zero-order valence-electron chi connectivity index (χ0n) is 29.4. The highest BCUT2D eigenvalue weighted by atomic mass is 16.6. The van der Waals surface area contributed by atoms with Gasteiger partial charge in [0.1, 0.15) is 23.0 Å². The van der Waals surface area contributed by atoms with Crippen molar-refractivity contribution in [3.8, 4) is 34.7 Å². The van der Waals surface area contributed by atoms with Gasteiger partial charge in [-0.2, -0.15) is 10.2 Å². The number of nitriles is 1. The maximum atomic E-state index is 12.7. The Morgan fingerprint density at radius 1 is 1.02 bits per heavy atom. The fourth-order valence-corrected chi connectivity index (χ4v) is 4.75. The fourth-order valence-electron chi connectivity index (χ4n) is 4.75. The molecule has 0 spiro atoms. The molecule has 1 aliphatic rings. The Morgan fingerprint density at radius 3 is 2.22 bits per heavy atom. The third kappa shape index (κ3) is 10.2. The first-order valence-corrected chi connectivity index (χ1v) is 16.0. The highest BCUT2D eigenvalue weighted by molar-refractivity contribution is 5.86. The molecule has 0 aliphatic carbocycles. The molecule has 0 unspecified atom stereocenters. The summed E-state index contributed by atoms with van der Waals surface area (Å²) in [5, 5.41) is 42.8. The molecule has 2 atom stereocenters. The Balaban J connectivity index is 0.000000381. The van der Waals surface area contributed by atoms with E-state index < -0.39 is 42.0 Å². The number of carboxylic acids is 1. The van der Waals surface area contributed by atoms with Crippen LogP contribution in [0.15, 0.2) is 40.9 Å². The maximum absolute atomic E-state index is 12.7. The van der Waals surface area contributed by atoms with Crippen LogP contribution < -0.4 is 15.8 Å². The number of nitrogens with one attached hydrogen (secondary N) is 1. The van der Waals surface area contributed by atoms with Crippen LogP contribution in [0, 0.1) is 11.3 Å². The molecule has 2 aromatic carbocycles. The lowest BCUT2D eigenvalue weighted by Gasteiger charge is -2.29. The lowest BCUT2D eigenvalue weighted by Crippen LogP contribution is -2.56. The Morgan fingerprint density at radius 2 is 1.66 bits per heavy atom. The van der Waals surface area contributed by atoms with Crippen molar-refractivity contribution < 1.29 is 43.7 Å². The molecule has 0 bridgehead atoms. The fraction of sp³-hybridized carbons (Fsp3) is 0.486. The van der Waals surface area contributed by atoms with Gasteiger partial charge in [0, 0.05) is 24.2 Å². The number of carbonyl (C=O) groups excluding carboxylic acids is 2. The van der Waals surface area contributed by atoms with Gasteiger partial charge in [0.2, 0.25) is 11.7 Å². The second-order valence-electron chi connectivity index (χ2n) is 13.7. The molecule has 0 saturated heterocycles. The number of nitrogens with zero attached hydrogens (tertiary/aromatic N) is 4. The number of rotatable bonds is 9. The van der Waals surface area contributed by atoms with Crippen LogP contribution >= 0.6 is 0 Å². The SMILES string of the molecule is CC(C)(C)OC(=O)N[C@](C)(CO)C(=O)O.CC(C)Oc1ccc(-c2nc(-c3ccc4c(c3)CCN(C(=O)[C@](C)(N)CO)CC4)no2)cc1C#N. The number of carboxylic acid groups (broad SMARTS) is 1. The van der Waals surface area contributed by atoms with Crippen LogP contribution in [0.3, 0.4) is 0 Å². The van der Waals surface area contributed by atoms with Gasteiger partial charge in [-0.25, -0.2) is 9.59 Å². The van der Waals surface area contributed by atoms with Crippen LogP contribution in [0.25, 0.3) is 22.8 Å². The van der Waals surface area contributed by atoms with Crippen LogP contribution in [0.4, 0.5) is 4.79 Å². The Hall–Kier alpha value is -5.04. The van der Waals surface area contributed by atoms with Crippen molar-refractivity contribution in [3.05, 3.63) is 53.1 Å². The number of amides is 2. The molecular formula is C35H46N6O9. The molecule has 270 valence electrons. The van der Waals surface area contributed by atoms with Crippen molar-refractivity contribution in [1.82, 2.24) is 20.4 Å². The minimum absolute atomic E-state index is 0.0455. The van der Waals surface area contributed by atoms with E-state index in [1.807, 2.05) is 32.0 Å². The molecule has 3 aromatic rings. The molecular weight excluding hydrogens is 648 g/mol. The number of alkyl carbamates (subject to hydrolysis) is 1. The zero-order chi connectivity index (χ0) is 37.4. The van der Waals surface area contributed by atoms with Crippen LogP contribution in [0.5, 0.6) is 5.75 Å². The number of hydrogen-bond acceptors (Lipinski definition) is 12. The highest BCUT2D eigenvalue weighted by Crippen LogP contribution is 2.29. The molecule has 15 nitrogen and oxygen atoms in total. The van der Waals surface area contributed by atoms with Gasteiger partial charge in [-0.15, -0.1) is 0 Å². The molecule has 2 amide bonds. The predicted molar refractivity (Wildman–Crippen MR) is 182 cm³/mol. The summed E-state index contributed by atoms with van der Waals surface area (Å²) in [6.07, 6.45) is 0.434. The van der Waals surface area contributed by atoms with Crippen molar-refractivity contribution in [2.45, 2.75) is 84.1 Å². The van der Waals surface area contributed by atoms with E-state index in [2.05, 4.69) is 21.5 Å². The van der Waals surface area contributed by atoms with Gasteiger partial charge < -0.3 is 45.3 Å². The largest absolute Gasteiger partial charge is 0.490 e. The van der Waals surface area contributed by atoms with Gasteiger partial charge in [0.05, 0.1) is 24.9 Å². The van der Waals surface area contributed by atoms with Crippen molar-refractivity contribution >= 4 is 18.0 Å². The van der Waals surface area contributed by atoms with Crippen molar-refractivity contribution in [2.75, 3.05) is 26.3 Å². The summed E-state index contributed by atoms with van der Waals surface area (Å²) < 4.78 is 16.0. The second-order valence-corrected chi connectivity index (χ2v) is 13.7. The van der Waals surface area contributed by atoms with E-state index in [9.17, 15) is 24.8 Å². The second kappa shape index (κ2) is 16.1. The molecule has 50 heavy (non-hydrogen) atoms. The third-order valence-corrected chi connectivity index (χ3v) is 7.57. The smallest absolute Gasteiger partial charge is 0.408 e. The molecule has 6 N–H and O–H groups in total. The standard InChI is InChI=1S/C26H29N5O4.C9H17NO5/c1-16(2)34-22-7-6-20(13-21(22)14-27)24-29-23(30-35-24)19-5-4-17-8-10-31(11-9-18(17)12-19)25(33)26(3,28)15-32;1-8(2,3)15-7(14)10-9(4,5-11)6(12)13/h4-7,12-13,16,32H,8-11,15,28H2,1-3H3;11H,5H2,1-4H3,(H,10,14)(H,12,13)/t26-;9-/m11/s1.